The van der Waals surface area contributed by atoms with Crippen LogP contribution in [0.1, 0.15) is 32.6 Å². The average molecular weight is 508 g/mol. The molecule has 2 heterocycles. The fourth-order valence-electron chi connectivity index (χ4n) is 3.09. The Morgan fingerprint density at radius 3 is 3.00 bits per heavy atom. The highest BCUT2D eigenvalue weighted by molar-refractivity contribution is 14.0. The summed E-state index contributed by atoms with van der Waals surface area (Å²) < 4.78 is 5.67. The molecule has 8 heteroatoms. The van der Waals surface area contributed by atoms with E-state index in [4.69, 9.17) is 16.3 Å². The van der Waals surface area contributed by atoms with E-state index in [1.54, 1.807) is 6.20 Å². The Hall–Kier alpha value is -0.800. The van der Waals surface area contributed by atoms with Crippen LogP contribution in [-0.2, 0) is 4.74 Å². The molecule has 1 aliphatic heterocycles. The zero-order valence-corrected chi connectivity index (χ0v) is 19.1. The fraction of sp³-hybridized carbons (Fsp3) is 0.684. The number of hydrogen-bond acceptors (Lipinski definition) is 4. The van der Waals surface area contributed by atoms with Crippen molar-refractivity contribution in [3.05, 3.63) is 23.4 Å². The predicted octanol–water partition coefficient (Wildman–Crippen LogP) is 3.30. The van der Waals surface area contributed by atoms with E-state index in [0.29, 0.717) is 11.1 Å². The molecule has 6 nitrogen and oxygen atoms in total. The lowest BCUT2D eigenvalue weighted by molar-refractivity contribution is 0.123. The van der Waals surface area contributed by atoms with Gasteiger partial charge in [0.25, 0.3) is 0 Å². The van der Waals surface area contributed by atoms with Crippen LogP contribution in [0.3, 0.4) is 0 Å². The summed E-state index contributed by atoms with van der Waals surface area (Å²) >= 11 is 6.27. The molecule has 0 bridgehead atoms. The molecule has 1 unspecified atom stereocenters. The van der Waals surface area contributed by atoms with Crippen LogP contribution in [0.5, 0.6) is 0 Å². The van der Waals surface area contributed by atoms with Crippen molar-refractivity contribution in [1.29, 1.82) is 0 Å². The van der Waals surface area contributed by atoms with E-state index < -0.39 is 0 Å². The monoisotopic (exact) mass is 507 g/mol. The molecule has 1 saturated heterocycles. The highest BCUT2D eigenvalue weighted by atomic mass is 127. The largest absolute Gasteiger partial charge is 0.381 e. The second-order valence-corrected chi connectivity index (χ2v) is 7.42. The van der Waals surface area contributed by atoms with E-state index in [9.17, 15) is 0 Å². The summed E-state index contributed by atoms with van der Waals surface area (Å²) in [6.07, 6.45) is 6.48. The first kappa shape index (κ1) is 22.5. The molecule has 27 heavy (non-hydrogen) atoms. The number of anilines is 1. The number of guanidine groups is 1. The summed E-state index contributed by atoms with van der Waals surface area (Å²) in [5.74, 6) is 2.58. The molecule has 1 aliphatic carbocycles. The van der Waals surface area contributed by atoms with Crippen molar-refractivity contribution in [1.82, 2.24) is 15.6 Å². The van der Waals surface area contributed by atoms with Gasteiger partial charge in [0.15, 0.2) is 5.96 Å². The summed E-state index contributed by atoms with van der Waals surface area (Å²) in [4.78, 5) is 11.3. The molecule has 1 aromatic rings. The smallest absolute Gasteiger partial charge is 0.191 e. The maximum absolute atomic E-state index is 6.27. The van der Waals surface area contributed by atoms with Gasteiger partial charge in [0, 0.05) is 51.6 Å². The first-order chi connectivity index (χ1) is 12.8. The summed E-state index contributed by atoms with van der Waals surface area (Å²) in [5.41, 5.74) is 0. The number of nitrogens with one attached hydrogen (secondary N) is 2. The van der Waals surface area contributed by atoms with Crippen LogP contribution < -0.4 is 15.5 Å². The van der Waals surface area contributed by atoms with Crippen LogP contribution in [0, 0.1) is 5.92 Å². The Bertz CT molecular complexity index is 599. The van der Waals surface area contributed by atoms with Crippen molar-refractivity contribution in [2.24, 2.45) is 10.9 Å². The molecule has 1 atom stereocenters. The van der Waals surface area contributed by atoms with Gasteiger partial charge in [-0.1, -0.05) is 11.6 Å². The van der Waals surface area contributed by atoms with Gasteiger partial charge in [0.1, 0.15) is 5.82 Å². The molecule has 0 radical (unpaired) electrons. The molecule has 1 aromatic heterocycles. The van der Waals surface area contributed by atoms with Gasteiger partial charge in [0.05, 0.1) is 5.02 Å². The van der Waals surface area contributed by atoms with Crippen LogP contribution in [0.4, 0.5) is 5.82 Å². The molecule has 2 N–H and O–H groups in total. The van der Waals surface area contributed by atoms with Crippen molar-refractivity contribution in [3.8, 4) is 0 Å². The Morgan fingerprint density at radius 1 is 1.41 bits per heavy atom. The third-order valence-corrected chi connectivity index (χ3v) is 4.97. The van der Waals surface area contributed by atoms with Crippen LogP contribution >= 0.6 is 35.6 Å². The first-order valence-electron chi connectivity index (χ1n) is 9.74. The molecule has 3 rings (SSSR count). The number of halogens is 2. The minimum absolute atomic E-state index is 0. The Morgan fingerprint density at radius 2 is 2.26 bits per heavy atom. The van der Waals surface area contributed by atoms with Crippen LogP contribution in [-0.4, -0.2) is 56.4 Å². The summed E-state index contributed by atoms with van der Waals surface area (Å²) in [7, 11) is 0. The van der Waals surface area contributed by atoms with E-state index in [2.05, 4.69) is 32.4 Å². The Balaban J connectivity index is 0.00000261. The van der Waals surface area contributed by atoms with E-state index >= 15 is 0 Å². The van der Waals surface area contributed by atoms with Gasteiger partial charge in [-0.05, 0) is 50.7 Å². The number of ether oxygens (including phenoxy) is 1. The highest BCUT2D eigenvalue weighted by Crippen LogP contribution is 2.28. The van der Waals surface area contributed by atoms with Crippen LogP contribution in [0.15, 0.2) is 23.3 Å². The summed E-state index contributed by atoms with van der Waals surface area (Å²) in [6, 6.07) is 4.10. The maximum Gasteiger partial charge on any atom is 0.191 e. The van der Waals surface area contributed by atoms with Crippen molar-refractivity contribution in [2.45, 2.75) is 38.6 Å². The van der Waals surface area contributed by atoms with Gasteiger partial charge in [0.2, 0.25) is 0 Å². The molecule has 0 spiro atoms. The van der Waals surface area contributed by atoms with Gasteiger partial charge < -0.3 is 20.3 Å². The fourth-order valence-corrected chi connectivity index (χ4v) is 3.33. The topological polar surface area (TPSA) is 61.8 Å². The normalized spacial score (nSPS) is 19.7. The number of nitrogens with zero attached hydrogens (tertiary/aromatic N) is 3. The minimum Gasteiger partial charge on any atom is -0.381 e. The number of rotatable bonds is 9. The van der Waals surface area contributed by atoms with Gasteiger partial charge in [-0.15, -0.1) is 24.0 Å². The number of pyridine rings is 1. The third kappa shape index (κ3) is 7.62. The standard InChI is InChI=1S/C19H30ClN5O.HI/c1-2-21-19(23-10-4-12-26-14-15-6-7-15)24-16-8-11-25(13-16)18-17(20)5-3-9-22-18;/h3,5,9,15-16H,2,4,6-8,10-14H2,1H3,(H2,21,23,24);1H. The molecule has 2 aliphatic rings. The molecule has 1 saturated carbocycles. The third-order valence-electron chi connectivity index (χ3n) is 4.68. The van der Waals surface area contributed by atoms with Crippen LogP contribution in [0.25, 0.3) is 0 Å². The maximum atomic E-state index is 6.27. The van der Waals surface area contributed by atoms with Gasteiger partial charge in [-0.25, -0.2) is 4.98 Å². The highest BCUT2D eigenvalue weighted by Gasteiger charge is 2.25. The Kier molecular flexibility index (Phi) is 9.92. The van der Waals surface area contributed by atoms with Gasteiger partial charge >= 0.3 is 0 Å². The lowest BCUT2D eigenvalue weighted by Crippen LogP contribution is -2.44. The lowest BCUT2D eigenvalue weighted by Gasteiger charge is -2.20. The molecule has 2 fully saturated rings. The van der Waals surface area contributed by atoms with Gasteiger partial charge in [-0.2, -0.15) is 0 Å². The first-order valence-corrected chi connectivity index (χ1v) is 10.1. The molecular formula is C19H31ClIN5O. The average Bonchev–Trinajstić information content (AvgIpc) is 3.35. The molecular weight excluding hydrogens is 477 g/mol. The molecule has 0 amide bonds. The minimum atomic E-state index is 0. The van der Waals surface area contributed by atoms with E-state index in [0.717, 1.165) is 69.9 Å². The van der Waals surface area contributed by atoms with Crippen molar-refractivity contribution >= 4 is 47.4 Å². The summed E-state index contributed by atoms with van der Waals surface area (Å²) in [5, 5.41) is 7.58. The van der Waals surface area contributed by atoms with E-state index in [1.165, 1.54) is 12.8 Å². The zero-order chi connectivity index (χ0) is 18.2. The molecule has 152 valence electrons. The van der Waals surface area contributed by atoms with E-state index in [-0.39, 0.29) is 24.0 Å². The van der Waals surface area contributed by atoms with Crippen molar-refractivity contribution in [2.75, 3.05) is 44.3 Å². The summed E-state index contributed by atoms with van der Waals surface area (Å²) in [6.45, 7) is 7.28. The Labute approximate surface area is 184 Å². The number of aromatic nitrogens is 1. The van der Waals surface area contributed by atoms with Crippen LogP contribution in [0.2, 0.25) is 5.02 Å². The van der Waals surface area contributed by atoms with Crippen molar-refractivity contribution in [3.63, 3.8) is 0 Å². The second-order valence-electron chi connectivity index (χ2n) is 7.02. The van der Waals surface area contributed by atoms with Crippen molar-refractivity contribution < 1.29 is 4.74 Å². The zero-order valence-electron chi connectivity index (χ0n) is 16.0. The van der Waals surface area contributed by atoms with E-state index in [1.807, 2.05) is 12.1 Å². The van der Waals surface area contributed by atoms with Gasteiger partial charge in [-0.3, -0.25) is 4.99 Å². The number of aliphatic imine (C=N–C) groups is 1. The second kappa shape index (κ2) is 11.9. The quantitative estimate of drug-likeness (QED) is 0.232. The molecule has 0 aromatic carbocycles. The lowest BCUT2D eigenvalue weighted by atomic mass is 10.3. The predicted molar refractivity (Wildman–Crippen MR) is 123 cm³/mol. The number of hydrogen-bond donors (Lipinski definition) is 2. The SMILES string of the molecule is CCNC(=NCCCOCC1CC1)NC1CCN(c2ncccc2Cl)C1.I.